The molecule has 20 heavy (non-hydrogen) atoms. The Bertz CT molecular complexity index is 540. The number of phenols is 2. The van der Waals surface area contributed by atoms with Gasteiger partial charge in [0.1, 0.15) is 11.5 Å². The summed E-state index contributed by atoms with van der Waals surface area (Å²) in [6.07, 6.45) is 1.04. The molecular weight excluding hydrogens is 250 g/mol. The summed E-state index contributed by atoms with van der Waals surface area (Å²) in [6, 6.07) is 15.1. The zero-order valence-corrected chi connectivity index (χ0v) is 11.7. The summed E-state index contributed by atoms with van der Waals surface area (Å²) in [6.45, 7) is 3.71. The van der Waals surface area contributed by atoms with E-state index in [0.29, 0.717) is 12.5 Å². The summed E-state index contributed by atoms with van der Waals surface area (Å²) in [4.78, 5) is 0. The molecule has 0 bridgehead atoms. The minimum absolute atomic E-state index is 0.0870. The predicted molar refractivity (Wildman–Crippen MR) is 81.0 cm³/mol. The number of hydrogen-bond acceptors (Lipinski definition) is 3. The fraction of sp³-hybridized carbons (Fsp3) is 0.294. The molecule has 0 aliphatic heterocycles. The number of rotatable bonds is 6. The molecule has 0 saturated heterocycles. The zero-order chi connectivity index (χ0) is 14.4. The first-order valence-corrected chi connectivity index (χ1v) is 6.93. The third-order valence-electron chi connectivity index (χ3n) is 3.51. The van der Waals surface area contributed by atoms with E-state index in [1.54, 1.807) is 12.1 Å². The van der Waals surface area contributed by atoms with E-state index in [4.69, 9.17) is 0 Å². The van der Waals surface area contributed by atoms with Crippen LogP contribution in [0.2, 0.25) is 0 Å². The van der Waals surface area contributed by atoms with Crippen molar-refractivity contribution in [1.29, 1.82) is 0 Å². The third kappa shape index (κ3) is 4.00. The molecule has 0 fully saturated rings. The Kier molecular flexibility index (Phi) is 5.02. The average Bonchev–Trinajstić information content (AvgIpc) is 2.46. The summed E-state index contributed by atoms with van der Waals surface area (Å²) < 4.78 is 0. The van der Waals surface area contributed by atoms with E-state index in [-0.39, 0.29) is 11.5 Å². The molecule has 3 nitrogen and oxygen atoms in total. The second-order valence-corrected chi connectivity index (χ2v) is 5.09. The van der Waals surface area contributed by atoms with E-state index >= 15 is 0 Å². The highest BCUT2D eigenvalue weighted by molar-refractivity contribution is 5.38. The first-order valence-electron chi connectivity index (χ1n) is 6.93. The largest absolute Gasteiger partial charge is 0.508 e. The molecule has 3 heteroatoms. The second kappa shape index (κ2) is 6.96. The first-order chi connectivity index (χ1) is 9.66. The van der Waals surface area contributed by atoms with Crippen molar-refractivity contribution in [2.75, 3.05) is 6.54 Å². The molecule has 0 aliphatic rings. The molecule has 2 aromatic rings. The summed E-state index contributed by atoms with van der Waals surface area (Å²) in [5.74, 6) is 0.731. The van der Waals surface area contributed by atoms with E-state index in [9.17, 15) is 10.2 Å². The minimum atomic E-state index is 0.0870. The van der Waals surface area contributed by atoms with E-state index in [1.165, 1.54) is 11.6 Å². The van der Waals surface area contributed by atoms with Crippen LogP contribution >= 0.6 is 0 Å². The molecular formula is C17H21NO2. The normalized spacial score (nSPS) is 12.2. The van der Waals surface area contributed by atoms with Crippen molar-refractivity contribution in [3.8, 4) is 11.5 Å². The van der Waals surface area contributed by atoms with Gasteiger partial charge in [0.2, 0.25) is 0 Å². The third-order valence-corrected chi connectivity index (χ3v) is 3.51. The monoisotopic (exact) mass is 271 g/mol. The molecule has 0 aromatic heterocycles. The summed E-state index contributed by atoms with van der Waals surface area (Å²) in [5.41, 5.74) is 2.15. The van der Waals surface area contributed by atoms with Gasteiger partial charge in [0.25, 0.3) is 0 Å². The maximum Gasteiger partial charge on any atom is 0.123 e. The second-order valence-electron chi connectivity index (χ2n) is 5.09. The number of aromatic hydroxyl groups is 2. The van der Waals surface area contributed by atoms with Crippen LogP contribution in [-0.4, -0.2) is 16.8 Å². The van der Waals surface area contributed by atoms with Gasteiger partial charge in [0.15, 0.2) is 0 Å². The van der Waals surface area contributed by atoms with Crippen molar-refractivity contribution in [2.24, 2.45) is 0 Å². The van der Waals surface area contributed by atoms with Crippen molar-refractivity contribution in [1.82, 2.24) is 5.32 Å². The Morgan fingerprint density at radius 1 is 1.05 bits per heavy atom. The lowest BCUT2D eigenvalue weighted by molar-refractivity contribution is 0.443. The van der Waals surface area contributed by atoms with Gasteiger partial charge in [-0.1, -0.05) is 43.3 Å². The van der Waals surface area contributed by atoms with E-state index in [1.807, 2.05) is 6.07 Å². The zero-order valence-electron chi connectivity index (χ0n) is 11.7. The lowest BCUT2D eigenvalue weighted by atomic mass is 9.98. The summed E-state index contributed by atoms with van der Waals surface area (Å²) in [5, 5.41) is 22.2. The van der Waals surface area contributed by atoms with E-state index in [0.717, 1.165) is 18.5 Å². The molecule has 3 N–H and O–H groups in total. The van der Waals surface area contributed by atoms with Gasteiger partial charge in [-0.3, -0.25) is 0 Å². The quantitative estimate of drug-likeness (QED) is 0.706. The minimum Gasteiger partial charge on any atom is -0.508 e. The van der Waals surface area contributed by atoms with Gasteiger partial charge in [-0.2, -0.15) is 0 Å². The van der Waals surface area contributed by atoms with E-state index in [2.05, 4.69) is 36.5 Å². The van der Waals surface area contributed by atoms with E-state index < -0.39 is 0 Å². The van der Waals surface area contributed by atoms with Crippen LogP contribution in [-0.2, 0) is 6.54 Å². The average molecular weight is 271 g/mol. The van der Waals surface area contributed by atoms with Gasteiger partial charge >= 0.3 is 0 Å². The van der Waals surface area contributed by atoms with Crippen LogP contribution in [0.4, 0.5) is 0 Å². The Balaban J connectivity index is 1.76. The van der Waals surface area contributed by atoms with Gasteiger partial charge in [-0.05, 0) is 30.5 Å². The molecule has 0 saturated carbocycles. The SMILES string of the molecule is CC(CCNCc1ccc(O)cc1O)c1ccccc1. The van der Waals surface area contributed by atoms with Crippen molar-refractivity contribution < 1.29 is 10.2 Å². The van der Waals surface area contributed by atoms with Gasteiger partial charge in [0.05, 0.1) is 0 Å². The topological polar surface area (TPSA) is 52.5 Å². The van der Waals surface area contributed by atoms with Crippen LogP contribution in [0.5, 0.6) is 11.5 Å². The Hall–Kier alpha value is -2.00. The smallest absolute Gasteiger partial charge is 0.123 e. The highest BCUT2D eigenvalue weighted by Gasteiger charge is 2.05. The number of benzene rings is 2. The number of hydrogen-bond donors (Lipinski definition) is 3. The van der Waals surface area contributed by atoms with Gasteiger partial charge in [0, 0.05) is 18.2 Å². The lowest BCUT2D eigenvalue weighted by Crippen LogP contribution is -2.16. The van der Waals surface area contributed by atoms with Gasteiger partial charge in [-0.25, -0.2) is 0 Å². The highest BCUT2D eigenvalue weighted by atomic mass is 16.3. The van der Waals surface area contributed by atoms with Gasteiger partial charge < -0.3 is 15.5 Å². The standard InChI is InChI=1S/C17H21NO2/c1-13(14-5-3-2-4-6-14)9-10-18-12-15-7-8-16(19)11-17(15)20/h2-8,11,13,18-20H,9-10,12H2,1H3. The van der Waals surface area contributed by atoms with Crippen molar-refractivity contribution >= 4 is 0 Å². The first kappa shape index (κ1) is 14.4. The maximum absolute atomic E-state index is 9.68. The van der Waals surface area contributed by atoms with Crippen molar-refractivity contribution in [2.45, 2.75) is 25.8 Å². The van der Waals surface area contributed by atoms with Crippen molar-refractivity contribution in [3.63, 3.8) is 0 Å². The molecule has 0 spiro atoms. The lowest BCUT2D eigenvalue weighted by Gasteiger charge is -2.13. The van der Waals surface area contributed by atoms with Crippen LogP contribution in [0.15, 0.2) is 48.5 Å². The molecule has 1 unspecified atom stereocenters. The van der Waals surface area contributed by atoms with Gasteiger partial charge in [-0.15, -0.1) is 0 Å². The molecule has 0 radical (unpaired) electrons. The Morgan fingerprint density at radius 3 is 2.50 bits per heavy atom. The number of nitrogens with one attached hydrogen (secondary N) is 1. The van der Waals surface area contributed by atoms with Crippen LogP contribution in [0.25, 0.3) is 0 Å². The molecule has 0 aliphatic carbocycles. The highest BCUT2D eigenvalue weighted by Crippen LogP contribution is 2.22. The maximum atomic E-state index is 9.68. The van der Waals surface area contributed by atoms with Crippen LogP contribution in [0.1, 0.15) is 30.4 Å². The van der Waals surface area contributed by atoms with Crippen LogP contribution in [0, 0.1) is 0 Å². The molecule has 0 amide bonds. The Morgan fingerprint density at radius 2 is 1.80 bits per heavy atom. The number of phenolic OH excluding ortho intramolecular Hbond substituents is 2. The molecule has 106 valence electrons. The van der Waals surface area contributed by atoms with Crippen LogP contribution < -0.4 is 5.32 Å². The molecule has 2 aromatic carbocycles. The fourth-order valence-electron chi connectivity index (χ4n) is 2.19. The molecule has 2 rings (SSSR count). The van der Waals surface area contributed by atoms with Crippen molar-refractivity contribution in [3.05, 3.63) is 59.7 Å². The molecule has 1 atom stereocenters. The fourth-order valence-corrected chi connectivity index (χ4v) is 2.19. The van der Waals surface area contributed by atoms with Crippen LogP contribution in [0.3, 0.4) is 0 Å². The predicted octanol–water partition coefficient (Wildman–Crippen LogP) is 3.38. The summed E-state index contributed by atoms with van der Waals surface area (Å²) >= 11 is 0. The molecule has 0 heterocycles. The Labute approximate surface area is 119 Å². The summed E-state index contributed by atoms with van der Waals surface area (Å²) in [7, 11) is 0.